The summed E-state index contributed by atoms with van der Waals surface area (Å²) in [5.41, 5.74) is 8.64. The molecule has 0 radical (unpaired) electrons. The molecule has 1 aromatic carbocycles. The third-order valence-electron chi connectivity index (χ3n) is 3.47. The van der Waals surface area contributed by atoms with Gasteiger partial charge in [0.15, 0.2) is 0 Å². The van der Waals surface area contributed by atoms with Crippen LogP contribution in [0.5, 0.6) is 0 Å². The molecular weight excluding hydrogens is 206 g/mol. The van der Waals surface area contributed by atoms with Gasteiger partial charge in [0.2, 0.25) is 0 Å². The molecule has 0 heterocycles. The molecule has 1 atom stereocenters. The third-order valence-corrected chi connectivity index (χ3v) is 3.90. The molecule has 0 saturated heterocycles. The minimum absolute atomic E-state index is 0.198. The first-order chi connectivity index (χ1) is 7.18. The van der Waals surface area contributed by atoms with Crippen LogP contribution in [0.4, 0.5) is 0 Å². The Morgan fingerprint density at radius 1 is 1.33 bits per heavy atom. The molecule has 1 nitrogen and oxygen atoms in total. The van der Waals surface area contributed by atoms with Crippen molar-refractivity contribution in [2.45, 2.75) is 38.6 Å². The second-order valence-corrected chi connectivity index (χ2v) is 4.99. The van der Waals surface area contributed by atoms with Gasteiger partial charge in [0.1, 0.15) is 0 Å². The minimum Gasteiger partial charge on any atom is -0.324 e. The van der Waals surface area contributed by atoms with Gasteiger partial charge in [0.25, 0.3) is 0 Å². The Morgan fingerprint density at radius 3 is 2.60 bits per heavy atom. The van der Waals surface area contributed by atoms with Crippen molar-refractivity contribution in [3.63, 3.8) is 0 Å². The van der Waals surface area contributed by atoms with Gasteiger partial charge < -0.3 is 5.73 Å². The number of nitrogens with two attached hydrogens (primary N) is 1. The average molecular weight is 224 g/mol. The maximum Gasteiger partial charge on any atom is 0.0435 e. The predicted molar refractivity (Wildman–Crippen MR) is 65.1 cm³/mol. The van der Waals surface area contributed by atoms with Gasteiger partial charge in [-0.25, -0.2) is 0 Å². The highest BCUT2D eigenvalue weighted by Gasteiger charge is 2.23. The van der Waals surface area contributed by atoms with Crippen LogP contribution >= 0.6 is 11.6 Å². The summed E-state index contributed by atoms with van der Waals surface area (Å²) in [6, 6.07) is 6.36. The summed E-state index contributed by atoms with van der Waals surface area (Å²) in [7, 11) is 0. The van der Waals surface area contributed by atoms with Crippen LogP contribution in [0.15, 0.2) is 18.2 Å². The van der Waals surface area contributed by atoms with Crippen LogP contribution in [-0.2, 0) is 0 Å². The second kappa shape index (κ2) is 4.54. The lowest BCUT2D eigenvalue weighted by Gasteiger charge is -2.19. The molecule has 0 bridgehead atoms. The van der Waals surface area contributed by atoms with E-state index in [4.69, 9.17) is 17.3 Å². The molecule has 2 N–H and O–H groups in total. The average Bonchev–Trinajstić information content (AvgIpc) is 2.74. The highest BCUT2D eigenvalue weighted by Crippen LogP contribution is 2.34. The molecule has 1 aromatic rings. The molecule has 2 heteroatoms. The van der Waals surface area contributed by atoms with Crippen LogP contribution in [0.1, 0.15) is 42.9 Å². The third kappa shape index (κ3) is 2.35. The van der Waals surface area contributed by atoms with Gasteiger partial charge in [-0.1, -0.05) is 36.6 Å². The number of halogens is 1. The van der Waals surface area contributed by atoms with Crippen molar-refractivity contribution in [2.24, 2.45) is 11.7 Å². The number of benzene rings is 1. The molecule has 1 aliphatic carbocycles. The van der Waals surface area contributed by atoms with Crippen molar-refractivity contribution in [1.29, 1.82) is 0 Å². The van der Waals surface area contributed by atoms with Gasteiger partial charge in [-0.15, -0.1) is 0 Å². The zero-order valence-electron chi connectivity index (χ0n) is 9.17. The Morgan fingerprint density at radius 2 is 2.00 bits per heavy atom. The summed E-state index contributed by atoms with van der Waals surface area (Å²) >= 11 is 6.00. The highest BCUT2D eigenvalue weighted by atomic mass is 35.5. The molecule has 1 aliphatic rings. The summed E-state index contributed by atoms with van der Waals surface area (Å²) < 4.78 is 0. The second-order valence-electron chi connectivity index (χ2n) is 4.58. The summed E-state index contributed by atoms with van der Waals surface area (Å²) in [5, 5.41) is 0.831. The zero-order valence-corrected chi connectivity index (χ0v) is 9.93. The topological polar surface area (TPSA) is 26.0 Å². The first kappa shape index (κ1) is 11.0. The van der Waals surface area contributed by atoms with E-state index in [0.717, 1.165) is 10.6 Å². The predicted octanol–water partition coefficient (Wildman–Crippen LogP) is 3.84. The van der Waals surface area contributed by atoms with Gasteiger partial charge in [0, 0.05) is 11.1 Å². The van der Waals surface area contributed by atoms with Gasteiger partial charge in [0.05, 0.1) is 0 Å². The van der Waals surface area contributed by atoms with E-state index in [9.17, 15) is 0 Å². The van der Waals surface area contributed by atoms with E-state index in [0.29, 0.717) is 5.92 Å². The largest absolute Gasteiger partial charge is 0.324 e. The molecule has 1 fully saturated rings. The van der Waals surface area contributed by atoms with E-state index < -0.39 is 0 Å². The summed E-state index contributed by atoms with van der Waals surface area (Å²) in [6.07, 6.45) is 5.24. The van der Waals surface area contributed by atoms with Crippen molar-refractivity contribution in [2.75, 3.05) is 0 Å². The maximum atomic E-state index is 6.28. The van der Waals surface area contributed by atoms with Gasteiger partial charge in [-0.05, 0) is 42.9 Å². The molecule has 2 rings (SSSR count). The summed E-state index contributed by atoms with van der Waals surface area (Å²) in [6.45, 7) is 2.03. The Balaban J connectivity index is 2.17. The fourth-order valence-electron chi connectivity index (χ4n) is 2.46. The number of rotatable bonds is 2. The number of hydrogen-bond donors (Lipinski definition) is 1. The SMILES string of the molecule is Cc1cc([C@H](N)C2CCCC2)ccc1Cl. The van der Waals surface area contributed by atoms with Crippen LogP contribution in [0, 0.1) is 12.8 Å². The normalized spacial score (nSPS) is 19.4. The Hall–Kier alpha value is -0.530. The van der Waals surface area contributed by atoms with Gasteiger partial charge in [-0.3, -0.25) is 0 Å². The van der Waals surface area contributed by atoms with Crippen molar-refractivity contribution in [3.8, 4) is 0 Å². The molecule has 1 saturated carbocycles. The molecule has 0 aliphatic heterocycles. The van der Waals surface area contributed by atoms with Crippen LogP contribution in [0.3, 0.4) is 0 Å². The van der Waals surface area contributed by atoms with Crippen LogP contribution < -0.4 is 5.73 Å². The monoisotopic (exact) mass is 223 g/mol. The molecule has 82 valence electrons. The lowest BCUT2D eigenvalue weighted by Crippen LogP contribution is -2.19. The Labute approximate surface area is 96.6 Å². The van der Waals surface area contributed by atoms with Gasteiger partial charge in [-0.2, -0.15) is 0 Å². The molecular formula is C13H18ClN. The smallest absolute Gasteiger partial charge is 0.0435 e. The fourth-order valence-corrected chi connectivity index (χ4v) is 2.58. The minimum atomic E-state index is 0.198. The van der Waals surface area contributed by atoms with E-state index in [2.05, 4.69) is 12.1 Å². The fraction of sp³-hybridized carbons (Fsp3) is 0.538. The first-order valence-corrected chi connectivity index (χ1v) is 6.08. The molecule has 0 amide bonds. The lowest BCUT2D eigenvalue weighted by molar-refractivity contribution is 0.445. The van der Waals surface area contributed by atoms with Crippen molar-refractivity contribution < 1.29 is 0 Å². The molecule has 0 aromatic heterocycles. The number of aryl methyl sites for hydroxylation is 1. The van der Waals surface area contributed by atoms with E-state index in [1.807, 2.05) is 13.0 Å². The van der Waals surface area contributed by atoms with Gasteiger partial charge >= 0.3 is 0 Å². The van der Waals surface area contributed by atoms with Crippen LogP contribution in [0.2, 0.25) is 5.02 Å². The maximum absolute atomic E-state index is 6.28. The van der Waals surface area contributed by atoms with Crippen molar-refractivity contribution >= 4 is 11.6 Å². The van der Waals surface area contributed by atoms with Crippen LogP contribution in [0.25, 0.3) is 0 Å². The quantitative estimate of drug-likeness (QED) is 0.810. The van der Waals surface area contributed by atoms with Crippen molar-refractivity contribution in [3.05, 3.63) is 34.3 Å². The van der Waals surface area contributed by atoms with E-state index in [-0.39, 0.29) is 6.04 Å². The molecule has 15 heavy (non-hydrogen) atoms. The number of hydrogen-bond acceptors (Lipinski definition) is 1. The van der Waals surface area contributed by atoms with Crippen molar-refractivity contribution in [1.82, 2.24) is 0 Å². The highest BCUT2D eigenvalue weighted by molar-refractivity contribution is 6.31. The zero-order chi connectivity index (χ0) is 10.8. The lowest BCUT2D eigenvalue weighted by atomic mass is 9.92. The summed E-state index contributed by atoms with van der Waals surface area (Å²) in [5.74, 6) is 0.672. The van der Waals surface area contributed by atoms with E-state index in [1.54, 1.807) is 0 Å². The summed E-state index contributed by atoms with van der Waals surface area (Å²) in [4.78, 5) is 0. The van der Waals surface area contributed by atoms with E-state index in [1.165, 1.54) is 31.2 Å². The Bertz CT molecular complexity index is 342. The van der Waals surface area contributed by atoms with Crippen LogP contribution in [-0.4, -0.2) is 0 Å². The Kier molecular flexibility index (Phi) is 3.32. The standard InChI is InChI=1S/C13H18ClN/c1-9-8-11(6-7-12(9)14)13(15)10-4-2-3-5-10/h6-8,10,13H,2-5,15H2,1H3/t13-/m1/s1. The van der Waals surface area contributed by atoms with E-state index >= 15 is 0 Å². The molecule has 0 spiro atoms. The molecule has 0 unspecified atom stereocenters. The first-order valence-electron chi connectivity index (χ1n) is 5.70.